The van der Waals surface area contributed by atoms with Crippen molar-refractivity contribution in [3.05, 3.63) is 27.1 Å². The molecule has 0 unspecified atom stereocenters. The third-order valence-electron chi connectivity index (χ3n) is 1.17. The molecule has 1 aromatic carbocycles. The van der Waals surface area contributed by atoms with Gasteiger partial charge in [0.2, 0.25) is 0 Å². The van der Waals surface area contributed by atoms with Crippen molar-refractivity contribution in [2.45, 2.75) is 4.90 Å². The van der Waals surface area contributed by atoms with Gasteiger partial charge in [-0.3, -0.25) is 4.55 Å². The van der Waals surface area contributed by atoms with Gasteiger partial charge in [0.1, 0.15) is 4.90 Å². The fourth-order valence-corrected chi connectivity index (χ4v) is 2.64. The van der Waals surface area contributed by atoms with E-state index in [0.29, 0.717) is 8.95 Å². The second-order valence-corrected chi connectivity index (χ2v) is 5.21. The van der Waals surface area contributed by atoms with Crippen molar-refractivity contribution < 1.29 is 13.0 Å². The second kappa shape index (κ2) is 5.25. The van der Waals surface area contributed by atoms with E-state index in [4.69, 9.17) is 4.55 Å². The van der Waals surface area contributed by atoms with Crippen molar-refractivity contribution >= 4 is 71.5 Å². The Morgan fingerprint density at radius 3 is 2.15 bits per heavy atom. The molecule has 1 aromatic rings. The maximum atomic E-state index is 10.7. The Balaban J connectivity index is 0.00000144. The molecule has 0 bridgehead atoms. The minimum absolute atomic E-state index is 0. The maximum absolute atomic E-state index is 10.7. The molecule has 0 saturated carbocycles. The van der Waals surface area contributed by atoms with Gasteiger partial charge in [-0.25, -0.2) is 0 Å². The Morgan fingerprint density at radius 1 is 1.23 bits per heavy atom. The molecule has 1 rings (SSSR count). The fourth-order valence-electron chi connectivity index (χ4n) is 0.675. The van der Waals surface area contributed by atoms with Crippen molar-refractivity contribution in [1.29, 1.82) is 0 Å². The molecule has 3 nitrogen and oxygen atoms in total. The van der Waals surface area contributed by atoms with Crippen LogP contribution < -0.4 is 0 Å². The summed E-state index contributed by atoms with van der Waals surface area (Å²) in [5.74, 6) is 0. The van der Waals surface area contributed by atoms with Gasteiger partial charge in [-0.15, -0.1) is 0 Å². The van der Waals surface area contributed by atoms with Gasteiger partial charge in [0.25, 0.3) is 10.1 Å². The van der Waals surface area contributed by atoms with Crippen molar-refractivity contribution in [2.75, 3.05) is 0 Å². The summed E-state index contributed by atoms with van der Waals surface area (Å²) in [6.07, 6.45) is 0. The van der Waals surface area contributed by atoms with E-state index in [0.717, 1.165) is 0 Å². The van der Waals surface area contributed by atoms with Gasteiger partial charge in [0, 0.05) is 8.95 Å². The molecule has 0 aliphatic rings. The first-order chi connectivity index (χ1) is 5.41. The van der Waals surface area contributed by atoms with E-state index in [1.807, 2.05) is 0 Å². The zero-order valence-electron chi connectivity index (χ0n) is 5.66. The van der Waals surface area contributed by atoms with Crippen molar-refractivity contribution in [1.82, 2.24) is 0 Å². The van der Waals surface area contributed by atoms with Gasteiger partial charge in [0.15, 0.2) is 0 Å². The minimum atomic E-state index is -4.13. The Kier molecular flexibility index (Phi) is 5.69. The fraction of sp³-hybridized carbons (Fsp3) is 0. The summed E-state index contributed by atoms with van der Waals surface area (Å²) in [7, 11) is -4.13. The number of hydrogen-bond donors (Lipinski definition) is 1. The predicted octanol–water partition coefficient (Wildman–Crippen LogP) is 1.81. The topological polar surface area (TPSA) is 54.4 Å². The molecule has 0 aliphatic heterocycles. The summed E-state index contributed by atoms with van der Waals surface area (Å²) in [5.41, 5.74) is 0. The molecule has 1 N–H and O–H groups in total. The predicted molar refractivity (Wildman–Crippen MR) is 58.8 cm³/mol. The van der Waals surface area contributed by atoms with Gasteiger partial charge in [-0.1, -0.05) is 15.9 Å². The molecule has 0 radical (unpaired) electrons. The molecule has 0 spiro atoms. The number of benzene rings is 1. The van der Waals surface area contributed by atoms with Crippen LogP contribution >= 0.6 is 31.9 Å². The van der Waals surface area contributed by atoms with Crippen LogP contribution in [0.2, 0.25) is 0 Å². The summed E-state index contributed by atoms with van der Waals surface area (Å²) in [5, 5.41) is 0. The van der Waals surface area contributed by atoms with Crippen LogP contribution in [0, 0.1) is 0 Å². The van der Waals surface area contributed by atoms with Crippen LogP contribution in [0.25, 0.3) is 0 Å². The summed E-state index contributed by atoms with van der Waals surface area (Å²) >= 11 is 6.10. The molecule has 0 saturated heterocycles. The first kappa shape index (κ1) is 14.1. The first-order valence-electron chi connectivity index (χ1n) is 2.84. The zero-order valence-corrected chi connectivity index (χ0v) is 9.65. The molecular formula is C6H5Br2NaO3S. The molecule has 0 amide bonds. The van der Waals surface area contributed by atoms with Crippen LogP contribution in [-0.2, 0) is 10.1 Å². The zero-order chi connectivity index (χ0) is 9.35. The standard InChI is InChI=1S/C6H4Br2O3S.Na.H/c7-4-1-2-5(8)6(3-4)12(9,10)11;;/h1-3H,(H,9,10,11);;. The van der Waals surface area contributed by atoms with Gasteiger partial charge < -0.3 is 0 Å². The van der Waals surface area contributed by atoms with E-state index < -0.39 is 10.1 Å². The first-order valence-corrected chi connectivity index (χ1v) is 5.86. The van der Waals surface area contributed by atoms with Crippen molar-refractivity contribution in [3.8, 4) is 0 Å². The van der Waals surface area contributed by atoms with E-state index in [1.165, 1.54) is 12.1 Å². The molecule has 68 valence electrons. The summed E-state index contributed by atoms with van der Waals surface area (Å²) in [6, 6.07) is 4.52. The van der Waals surface area contributed by atoms with Crippen LogP contribution in [0.3, 0.4) is 0 Å². The average molecular weight is 340 g/mol. The Morgan fingerprint density at radius 2 is 1.77 bits per heavy atom. The Bertz CT molecular complexity index is 404. The molecule has 7 heteroatoms. The quantitative estimate of drug-likeness (QED) is 0.627. The molecule has 0 atom stereocenters. The van der Waals surface area contributed by atoms with Crippen LogP contribution in [0.1, 0.15) is 0 Å². The number of halogens is 2. The molecule has 0 heterocycles. The van der Waals surface area contributed by atoms with E-state index in [-0.39, 0.29) is 34.5 Å². The number of rotatable bonds is 1. The Hall–Kier alpha value is 1.09. The van der Waals surface area contributed by atoms with Crippen molar-refractivity contribution in [3.63, 3.8) is 0 Å². The van der Waals surface area contributed by atoms with Crippen LogP contribution in [0.5, 0.6) is 0 Å². The van der Waals surface area contributed by atoms with E-state index >= 15 is 0 Å². The summed E-state index contributed by atoms with van der Waals surface area (Å²) < 4.78 is 31.1. The molecular weight excluding hydrogens is 335 g/mol. The molecule has 0 aromatic heterocycles. The summed E-state index contributed by atoms with van der Waals surface area (Å²) in [4.78, 5) is -0.142. The van der Waals surface area contributed by atoms with Gasteiger partial charge in [-0.05, 0) is 34.1 Å². The normalized spacial score (nSPS) is 10.7. The SMILES string of the molecule is O=S(=O)(O)c1cc(Br)ccc1Br.[NaH]. The Labute approximate surface area is 115 Å². The van der Waals surface area contributed by atoms with E-state index in [9.17, 15) is 8.42 Å². The van der Waals surface area contributed by atoms with Gasteiger partial charge >= 0.3 is 29.6 Å². The molecule has 0 aliphatic carbocycles. The van der Waals surface area contributed by atoms with Crippen molar-refractivity contribution in [2.24, 2.45) is 0 Å². The average Bonchev–Trinajstić information content (AvgIpc) is 1.92. The third-order valence-corrected chi connectivity index (χ3v) is 3.51. The molecule has 0 fully saturated rings. The molecule has 13 heavy (non-hydrogen) atoms. The van der Waals surface area contributed by atoms with Gasteiger partial charge in [-0.2, -0.15) is 8.42 Å². The second-order valence-electron chi connectivity index (χ2n) is 2.05. The third kappa shape index (κ3) is 3.99. The van der Waals surface area contributed by atoms with Crippen LogP contribution in [0.4, 0.5) is 0 Å². The van der Waals surface area contributed by atoms with Crippen LogP contribution in [-0.4, -0.2) is 42.5 Å². The number of hydrogen-bond acceptors (Lipinski definition) is 2. The van der Waals surface area contributed by atoms with Gasteiger partial charge in [0.05, 0.1) is 0 Å². The van der Waals surface area contributed by atoms with Crippen LogP contribution in [0.15, 0.2) is 32.0 Å². The monoisotopic (exact) mass is 338 g/mol. The van der Waals surface area contributed by atoms with E-state index in [2.05, 4.69) is 31.9 Å². The van der Waals surface area contributed by atoms with E-state index in [1.54, 1.807) is 6.07 Å². The summed E-state index contributed by atoms with van der Waals surface area (Å²) in [6.45, 7) is 0.